The van der Waals surface area contributed by atoms with Crippen molar-refractivity contribution in [3.8, 4) is 0 Å². The fourth-order valence-electron chi connectivity index (χ4n) is 8.73. The largest absolute Gasteiger partial charge is 0.756 e. The van der Waals surface area contributed by atoms with Gasteiger partial charge in [-0.1, -0.05) is 257 Å². The SMILES string of the molecule is CC/C=C\C/C=C\C/C=C\C/C=C\C/C=C\C/C=C\CCCCCCC(=O)OC(/C=C/CCCCCCCCCCCCC)C(COP(=O)([O-])OCC[N+](C)(C)C)NC(=O)CCCCCCC/C=C\C/C=C\C/C=C\C/C=C\C/C=C\CC. The van der Waals surface area contributed by atoms with Crippen molar-refractivity contribution in [2.24, 2.45) is 0 Å². The maximum atomic E-state index is 13.6. The highest BCUT2D eigenvalue weighted by Crippen LogP contribution is 2.38. The molecule has 0 aliphatic heterocycles. The van der Waals surface area contributed by atoms with Gasteiger partial charge in [0.15, 0.2) is 0 Å². The molecule has 0 aliphatic carbocycles. The van der Waals surface area contributed by atoms with E-state index >= 15 is 0 Å². The second kappa shape index (κ2) is 61.0. The molecule has 0 bridgehead atoms. The second-order valence-corrected chi connectivity index (χ2v) is 24.3. The number of likely N-dealkylation sites (N-methyl/N-ethyl adjacent to an activating group) is 1. The van der Waals surface area contributed by atoms with Crippen LogP contribution in [0.5, 0.6) is 0 Å². The van der Waals surface area contributed by atoms with Crippen LogP contribution in [0.25, 0.3) is 0 Å². The van der Waals surface area contributed by atoms with Gasteiger partial charge in [-0.3, -0.25) is 14.2 Å². The zero-order valence-corrected chi connectivity index (χ0v) is 54.7. The monoisotopic (exact) mass is 1170 g/mol. The Labute approximate surface area is 510 Å². The van der Waals surface area contributed by atoms with Crippen molar-refractivity contribution in [3.63, 3.8) is 0 Å². The third-order valence-electron chi connectivity index (χ3n) is 13.8. The summed E-state index contributed by atoms with van der Waals surface area (Å²) in [6.45, 7) is 6.57. The Bertz CT molecular complexity index is 1930. The standard InChI is InChI=1S/C73H123N2O7P/c1-7-10-13-16-19-22-25-28-30-32-34-36-37-39-41-43-45-48-51-54-57-60-63-66-73(77)82-71(64-61-58-55-52-49-46-27-24-21-18-15-12-9-3)70(69-81-83(78,79)80-68-67-75(4,5)6)74-72(76)65-62-59-56-53-50-47-44-42-40-38-35-33-31-29-26-23-20-17-14-11-8-2/h10-11,13-14,19-20,22-23,28-31,34-36,38-39,41-42,44-45,48,61,64,70-71H,7-9,12,15-18,21,24-27,32-33,37,40,43,46-47,49-60,62-63,65-69H2,1-6H3,(H-,74,76,78,79)/b13-10-,14-11-,22-19-,23-20-,30-28-,31-29-,36-34-,38-35-,41-39-,44-42-,48-45-,64-61+. The van der Waals surface area contributed by atoms with E-state index in [9.17, 15) is 19.0 Å². The number of amides is 1. The molecule has 0 spiro atoms. The van der Waals surface area contributed by atoms with Crippen LogP contribution >= 0.6 is 7.82 Å². The Hall–Kier alpha value is -4.11. The van der Waals surface area contributed by atoms with Gasteiger partial charge in [0.25, 0.3) is 7.82 Å². The topological polar surface area (TPSA) is 114 Å². The predicted octanol–water partition coefficient (Wildman–Crippen LogP) is 20.4. The first-order valence-corrected chi connectivity index (χ1v) is 34.6. The normalized spacial score (nSPS) is 14.5. The summed E-state index contributed by atoms with van der Waals surface area (Å²) in [4.78, 5) is 40.1. The smallest absolute Gasteiger partial charge is 0.306 e. The number of carbonyl (C=O) groups excluding carboxylic acids is 2. The van der Waals surface area contributed by atoms with E-state index < -0.39 is 26.6 Å². The van der Waals surface area contributed by atoms with Crippen molar-refractivity contribution in [1.29, 1.82) is 0 Å². The van der Waals surface area contributed by atoms with E-state index in [1.807, 2.05) is 33.3 Å². The number of rotatable bonds is 58. The van der Waals surface area contributed by atoms with E-state index in [0.717, 1.165) is 148 Å². The highest BCUT2D eigenvalue weighted by molar-refractivity contribution is 7.45. The van der Waals surface area contributed by atoms with Gasteiger partial charge in [0, 0.05) is 12.8 Å². The molecular weight excluding hydrogens is 1050 g/mol. The lowest BCUT2D eigenvalue weighted by Gasteiger charge is -2.30. The Morgan fingerprint density at radius 3 is 1.16 bits per heavy atom. The number of allylic oxidation sites excluding steroid dienone is 23. The molecule has 0 aromatic rings. The van der Waals surface area contributed by atoms with Crippen molar-refractivity contribution >= 4 is 19.7 Å². The average Bonchev–Trinajstić information content (AvgIpc) is 3.47. The molecule has 0 rings (SSSR count). The molecule has 1 N–H and O–H groups in total. The summed E-state index contributed by atoms with van der Waals surface area (Å²) in [5.41, 5.74) is 0. The summed E-state index contributed by atoms with van der Waals surface area (Å²) in [6, 6.07) is -0.922. The van der Waals surface area contributed by atoms with Gasteiger partial charge in [-0.05, 0) is 128 Å². The number of phosphoric acid groups is 1. The number of hydrogen-bond acceptors (Lipinski definition) is 7. The number of phosphoric ester groups is 1. The minimum Gasteiger partial charge on any atom is -0.756 e. The highest BCUT2D eigenvalue weighted by atomic mass is 31.2. The van der Waals surface area contributed by atoms with Crippen LogP contribution in [-0.2, 0) is 27.9 Å². The van der Waals surface area contributed by atoms with Crippen molar-refractivity contribution in [3.05, 3.63) is 146 Å². The van der Waals surface area contributed by atoms with Crippen LogP contribution < -0.4 is 10.2 Å². The molecule has 0 radical (unpaired) electrons. The van der Waals surface area contributed by atoms with Gasteiger partial charge in [0.2, 0.25) is 5.91 Å². The first-order chi connectivity index (χ1) is 40.4. The van der Waals surface area contributed by atoms with E-state index in [4.69, 9.17) is 13.8 Å². The molecule has 3 unspecified atom stereocenters. The lowest BCUT2D eigenvalue weighted by Crippen LogP contribution is -2.47. The maximum absolute atomic E-state index is 13.6. The van der Waals surface area contributed by atoms with Crippen LogP contribution in [-0.4, -0.2) is 69.4 Å². The van der Waals surface area contributed by atoms with Gasteiger partial charge in [-0.2, -0.15) is 0 Å². The minimum absolute atomic E-state index is 0.0394. The van der Waals surface area contributed by atoms with Crippen LogP contribution in [0.4, 0.5) is 0 Å². The third-order valence-corrected chi connectivity index (χ3v) is 14.7. The Balaban J connectivity index is 5.33. The van der Waals surface area contributed by atoms with Gasteiger partial charge < -0.3 is 28.5 Å². The fourth-order valence-corrected chi connectivity index (χ4v) is 9.45. The first kappa shape index (κ1) is 78.9. The van der Waals surface area contributed by atoms with Crippen LogP contribution in [0, 0.1) is 0 Å². The third kappa shape index (κ3) is 62.2. The van der Waals surface area contributed by atoms with Crippen LogP contribution in [0.1, 0.15) is 252 Å². The summed E-state index contributed by atoms with van der Waals surface area (Å²) in [7, 11) is 1.13. The summed E-state index contributed by atoms with van der Waals surface area (Å²) in [5, 5.41) is 3.02. The van der Waals surface area contributed by atoms with Gasteiger partial charge in [0.05, 0.1) is 33.8 Å². The van der Waals surface area contributed by atoms with E-state index in [2.05, 4.69) is 160 Å². The molecule has 3 atom stereocenters. The zero-order chi connectivity index (χ0) is 60.7. The molecule has 472 valence electrons. The van der Waals surface area contributed by atoms with Crippen molar-refractivity contribution in [2.75, 3.05) is 40.9 Å². The van der Waals surface area contributed by atoms with Crippen molar-refractivity contribution < 1.29 is 37.3 Å². The van der Waals surface area contributed by atoms with Gasteiger partial charge >= 0.3 is 5.97 Å². The van der Waals surface area contributed by atoms with E-state index in [1.165, 1.54) is 57.8 Å². The number of nitrogens with one attached hydrogen (secondary N) is 1. The number of ether oxygens (including phenoxy) is 1. The lowest BCUT2D eigenvalue weighted by molar-refractivity contribution is -0.870. The number of quaternary nitrogens is 1. The first-order valence-electron chi connectivity index (χ1n) is 33.1. The fraction of sp³-hybridized carbons (Fsp3) is 0.644. The highest BCUT2D eigenvalue weighted by Gasteiger charge is 2.27. The molecule has 0 aromatic carbocycles. The van der Waals surface area contributed by atoms with E-state index in [1.54, 1.807) is 0 Å². The zero-order valence-electron chi connectivity index (χ0n) is 53.8. The van der Waals surface area contributed by atoms with Crippen LogP contribution in [0.15, 0.2) is 146 Å². The quantitative estimate of drug-likeness (QED) is 0.0212. The number of unbranched alkanes of at least 4 members (excludes halogenated alkanes) is 20. The molecule has 1 amide bonds. The lowest BCUT2D eigenvalue weighted by atomic mass is 10.0. The summed E-state index contributed by atoms with van der Waals surface area (Å²) in [6.07, 6.45) is 88.1. The molecule has 0 saturated carbocycles. The molecule has 0 fully saturated rings. The number of esters is 1. The van der Waals surface area contributed by atoms with E-state index in [0.29, 0.717) is 23.9 Å². The summed E-state index contributed by atoms with van der Waals surface area (Å²) < 4.78 is 30.4. The maximum Gasteiger partial charge on any atom is 0.306 e. The molecular formula is C73H123N2O7P. The van der Waals surface area contributed by atoms with Gasteiger partial charge in [0.1, 0.15) is 19.3 Å². The molecule has 10 heteroatoms. The Morgan fingerprint density at radius 1 is 0.434 bits per heavy atom. The van der Waals surface area contributed by atoms with Crippen molar-refractivity contribution in [1.82, 2.24) is 5.32 Å². The summed E-state index contributed by atoms with van der Waals surface area (Å²) in [5.74, 6) is -0.601. The molecule has 0 heterocycles. The number of nitrogens with zero attached hydrogens (tertiary/aromatic N) is 1. The van der Waals surface area contributed by atoms with Gasteiger partial charge in [-0.25, -0.2) is 0 Å². The molecule has 0 saturated heterocycles. The molecule has 9 nitrogen and oxygen atoms in total. The second-order valence-electron chi connectivity index (χ2n) is 22.9. The average molecular weight is 1170 g/mol. The number of carbonyl (C=O) groups is 2. The predicted molar refractivity (Wildman–Crippen MR) is 357 cm³/mol. The van der Waals surface area contributed by atoms with Crippen LogP contribution in [0.2, 0.25) is 0 Å². The Kier molecular flexibility index (Phi) is 58.0. The molecule has 0 aliphatic rings. The van der Waals surface area contributed by atoms with Crippen LogP contribution in [0.3, 0.4) is 0 Å². The van der Waals surface area contributed by atoms with Crippen molar-refractivity contribution in [2.45, 2.75) is 264 Å². The Morgan fingerprint density at radius 2 is 0.771 bits per heavy atom. The molecule has 0 aromatic heterocycles. The van der Waals surface area contributed by atoms with Gasteiger partial charge in [-0.15, -0.1) is 0 Å². The molecule has 83 heavy (non-hydrogen) atoms. The summed E-state index contributed by atoms with van der Waals surface area (Å²) >= 11 is 0. The van der Waals surface area contributed by atoms with E-state index in [-0.39, 0.29) is 31.3 Å². The minimum atomic E-state index is -4.73. The number of hydrogen-bond donors (Lipinski definition) is 1.